The van der Waals surface area contributed by atoms with Crippen LogP contribution in [0.1, 0.15) is 69.1 Å². The minimum Gasteiger partial charge on any atom is -0.476 e. The fraction of sp³-hybridized carbons (Fsp3) is 0.576. The molecule has 1 unspecified atom stereocenters. The topological polar surface area (TPSA) is 129 Å². The zero-order chi connectivity index (χ0) is 31.8. The molecule has 1 atom stereocenters. The fourth-order valence-electron chi connectivity index (χ4n) is 7.06. The number of nitrogens with two attached hydrogens (primary N) is 1. The van der Waals surface area contributed by atoms with Gasteiger partial charge < -0.3 is 30.1 Å². The number of nitrogens with one attached hydrogen (secondary N) is 1. The molecule has 1 aromatic carbocycles. The monoisotopic (exact) mass is 620 g/mol. The number of halogens is 2. The van der Waals surface area contributed by atoms with Crippen LogP contribution in [0.25, 0.3) is 22.8 Å². The van der Waals surface area contributed by atoms with Gasteiger partial charge in [0, 0.05) is 61.2 Å². The van der Waals surface area contributed by atoms with Crippen molar-refractivity contribution in [3.63, 3.8) is 0 Å². The number of likely N-dealkylation sites (tertiary alicyclic amines) is 1. The van der Waals surface area contributed by atoms with Crippen molar-refractivity contribution in [1.82, 2.24) is 25.3 Å². The number of unbranched alkanes of at least 4 members (excludes halogenated alkanes) is 1. The van der Waals surface area contributed by atoms with E-state index in [1.54, 1.807) is 6.07 Å². The number of aryl methyl sites for hydroxylation is 1. The van der Waals surface area contributed by atoms with Crippen LogP contribution >= 0.6 is 0 Å². The Balaban J connectivity index is 1.43. The standard InChI is InChI=1S/C33H42F2N8O2/c1-4-6-9-23-29(41-45-30(23)28-21(5-2)10-11-25(37)24(28)16-36)31-39-26(15-27(40-31)44-17-22-8-7-13-42(22)3)43-14-12-38-32(20-43)18-33(34,35)19-32/h10-11,15,22,38H,4-9,12-14,17-20,37H2,1-3H3. The third-order valence-corrected chi connectivity index (χ3v) is 9.50. The summed E-state index contributed by atoms with van der Waals surface area (Å²) in [6.07, 6.45) is 4.89. The summed E-state index contributed by atoms with van der Waals surface area (Å²) in [5, 5.41) is 17.9. The summed E-state index contributed by atoms with van der Waals surface area (Å²) in [4.78, 5) is 14.1. The molecule has 45 heavy (non-hydrogen) atoms. The van der Waals surface area contributed by atoms with Crippen molar-refractivity contribution < 1.29 is 18.0 Å². The molecule has 12 heteroatoms. The number of aromatic nitrogens is 3. The molecule has 240 valence electrons. The molecule has 0 amide bonds. The Morgan fingerprint density at radius 3 is 2.73 bits per heavy atom. The normalized spacial score (nSPS) is 20.7. The van der Waals surface area contributed by atoms with Crippen LogP contribution in [0.5, 0.6) is 5.88 Å². The van der Waals surface area contributed by atoms with Gasteiger partial charge in [-0.2, -0.15) is 10.2 Å². The number of piperazine rings is 1. The Labute approximate surface area is 262 Å². The number of alkyl halides is 2. The molecule has 2 aliphatic heterocycles. The maximum atomic E-state index is 14.0. The van der Waals surface area contributed by atoms with Crippen LogP contribution in [0.2, 0.25) is 0 Å². The van der Waals surface area contributed by atoms with Gasteiger partial charge in [-0.1, -0.05) is 31.5 Å². The summed E-state index contributed by atoms with van der Waals surface area (Å²) in [7, 11) is 2.10. The first kappa shape index (κ1) is 31.2. The highest BCUT2D eigenvalue weighted by atomic mass is 19.3. The van der Waals surface area contributed by atoms with E-state index in [9.17, 15) is 14.0 Å². The van der Waals surface area contributed by atoms with Gasteiger partial charge in [0.05, 0.1) is 11.3 Å². The molecular formula is C33H42F2N8O2. The smallest absolute Gasteiger partial charge is 0.251 e. The second-order valence-corrected chi connectivity index (χ2v) is 12.8. The van der Waals surface area contributed by atoms with Crippen molar-refractivity contribution >= 4 is 11.5 Å². The largest absolute Gasteiger partial charge is 0.476 e. The summed E-state index contributed by atoms with van der Waals surface area (Å²) in [5.74, 6) is -0.798. The van der Waals surface area contributed by atoms with E-state index in [1.165, 1.54) is 0 Å². The van der Waals surface area contributed by atoms with Crippen LogP contribution in [-0.4, -0.2) is 77.4 Å². The van der Waals surface area contributed by atoms with Crippen molar-refractivity contribution in [2.45, 2.75) is 82.7 Å². The zero-order valence-electron chi connectivity index (χ0n) is 26.3. The third kappa shape index (κ3) is 6.20. The van der Waals surface area contributed by atoms with Crippen LogP contribution in [0.15, 0.2) is 22.7 Å². The lowest BCUT2D eigenvalue weighted by atomic mass is 9.72. The molecule has 3 N–H and O–H groups in total. The number of ether oxygens (including phenoxy) is 1. The second kappa shape index (κ2) is 12.5. The Bertz CT molecular complexity index is 1580. The van der Waals surface area contributed by atoms with Crippen molar-refractivity contribution in [2.24, 2.45) is 0 Å². The zero-order valence-corrected chi connectivity index (χ0v) is 26.3. The number of hydrogen-bond acceptors (Lipinski definition) is 10. The first-order valence-electron chi connectivity index (χ1n) is 16.1. The number of likely N-dealkylation sites (N-methyl/N-ethyl adjacent to an activating group) is 1. The molecule has 0 bridgehead atoms. The predicted molar refractivity (Wildman–Crippen MR) is 168 cm³/mol. The van der Waals surface area contributed by atoms with Gasteiger partial charge in [0.25, 0.3) is 5.92 Å². The SMILES string of the molecule is CCCCc1c(-c2nc(OCC3CCCN3C)cc(N3CCNC4(C3)CC(F)(F)C4)n2)noc1-c1c(CC)ccc(N)c1C#N. The highest BCUT2D eigenvalue weighted by molar-refractivity contribution is 5.81. The van der Waals surface area contributed by atoms with Crippen molar-refractivity contribution in [3.8, 4) is 34.8 Å². The van der Waals surface area contributed by atoms with E-state index < -0.39 is 11.5 Å². The number of hydrogen-bond donors (Lipinski definition) is 2. The highest BCUT2D eigenvalue weighted by Crippen LogP contribution is 2.47. The first-order valence-corrected chi connectivity index (χ1v) is 16.1. The van der Waals surface area contributed by atoms with E-state index in [0.29, 0.717) is 84.9 Å². The Morgan fingerprint density at radius 2 is 2.04 bits per heavy atom. The van der Waals surface area contributed by atoms with Gasteiger partial charge in [0.1, 0.15) is 18.5 Å². The molecular weight excluding hydrogens is 578 g/mol. The lowest BCUT2D eigenvalue weighted by molar-refractivity contribution is -0.133. The van der Waals surface area contributed by atoms with Crippen LogP contribution < -0.4 is 20.7 Å². The molecule has 1 saturated carbocycles. The van der Waals surface area contributed by atoms with Crippen molar-refractivity contribution in [1.29, 1.82) is 5.26 Å². The molecule has 6 rings (SSSR count). The maximum Gasteiger partial charge on any atom is 0.251 e. The Kier molecular flexibility index (Phi) is 8.68. The van der Waals surface area contributed by atoms with Crippen LogP contribution in [0.4, 0.5) is 20.3 Å². The number of anilines is 2. The van der Waals surface area contributed by atoms with Gasteiger partial charge in [-0.15, -0.1) is 0 Å². The van der Waals surface area contributed by atoms with Gasteiger partial charge in [-0.05, 0) is 57.3 Å². The average Bonchev–Trinajstić information content (AvgIpc) is 3.63. The van der Waals surface area contributed by atoms with Crippen LogP contribution in [0, 0.1) is 11.3 Å². The van der Waals surface area contributed by atoms with Gasteiger partial charge in [-0.3, -0.25) is 0 Å². The summed E-state index contributed by atoms with van der Waals surface area (Å²) < 4.78 is 40.3. The minimum atomic E-state index is -2.65. The average molecular weight is 621 g/mol. The highest BCUT2D eigenvalue weighted by Gasteiger charge is 2.57. The molecule has 2 aromatic heterocycles. The lowest BCUT2D eigenvalue weighted by Crippen LogP contribution is -2.70. The van der Waals surface area contributed by atoms with E-state index in [-0.39, 0.29) is 18.9 Å². The van der Waals surface area contributed by atoms with E-state index >= 15 is 0 Å². The minimum absolute atomic E-state index is 0.194. The third-order valence-electron chi connectivity index (χ3n) is 9.50. The molecule has 10 nitrogen and oxygen atoms in total. The van der Waals surface area contributed by atoms with Crippen LogP contribution in [0.3, 0.4) is 0 Å². The molecule has 3 aliphatic rings. The quantitative estimate of drug-likeness (QED) is 0.292. The number of benzene rings is 1. The predicted octanol–water partition coefficient (Wildman–Crippen LogP) is 5.21. The molecule has 2 saturated heterocycles. The molecule has 4 heterocycles. The second-order valence-electron chi connectivity index (χ2n) is 12.8. The maximum absolute atomic E-state index is 14.0. The Hall–Kier alpha value is -3.82. The summed E-state index contributed by atoms with van der Waals surface area (Å²) in [6.45, 7) is 7.22. The molecule has 0 radical (unpaired) electrons. The van der Waals surface area contributed by atoms with Gasteiger partial charge >= 0.3 is 0 Å². The van der Waals surface area contributed by atoms with Crippen LogP contribution in [-0.2, 0) is 12.8 Å². The van der Waals surface area contributed by atoms with Crippen molar-refractivity contribution in [2.75, 3.05) is 50.5 Å². The number of nitriles is 1. The van der Waals surface area contributed by atoms with E-state index in [0.717, 1.165) is 43.4 Å². The van der Waals surface area contributed by atoms with E-state index in [2.05, 4.69) is 35.4 Å². The molecule has 1 spiro atoms. The van der Waals surface area contributed by atoms with Crippen molar-refractivity contribution in [3.05, 3.63) is 34.9 Å². The molecule has 1 aliphatic carbocycles. The number of nitrogen functional groups attached to an aromatic ring is 1. The number of rotatable bonds is 10. The van der Waals surface area contributed by atoms with E-state index in [4.69, 9.17) is 25.0 Å². The lowest BCUT2D eigenvalue weighted by Gasteiger charge is -2.53. The first-order chi connectivity index (χ1) is 21.7. The van der Waals surface area contributed by atoms with Gasteiger partial charge in [-0.25, -0.2) is 13.8 Å². The summed E-state index contributed by atoms with van der Waals surface area (Å²) in [6, 6.07) is 8.03. The van der Waals surface area contributed by atoms with E-state index in [1.807, 2.05) is 24.0 Å². The molecule has 3 fully saturated rings. The van der Waals surface area contributed by atoms with Gasteiger partial charge in [0.2, 0.25) is 5.88 Å². The number of nitrogens with zero attached hydrogens (tertiary/aromatic N) is 6. The summed E-state index contributed by atoms with van der Waals surface area (Å²) in [5.41, 5.74) is 9.21. The summed E-state index contributed by atoms with van der Waals surface area (Å²) >= 11 is 0. The molecule has 3 aromatic rings. The fourth-order valence-corrected chi connectivity index (χ4v) is 7.06. The van der Waals surface area contributed by atoms with Gasteiger partial charge in [0.15, 0.2) is 17.3 Å². The Morgan fingerprint density at radius 1 is 1.22 bits per heavy atom.